The summed E-state index contributed by atoms with van der Waals surface area (Å²) < 4.78 is 15.1. The Kier molecular flexibility index (Phi) is 4.28. The molecule has 0 saturated carbocycles. The fourth-order valence-electron chi connectivity index (χ4n) is 2.81. The van der Waals surface area contributed by atoms with Crippen LogP contribution in [0.1, 0.15) is 5.56 Å². The maximum absolute atomic E-state index is 13.1. The molecule has 2 heterocycles. The minimum atomic E-state index is -0.473. The molecule has 1 aliphatic rings. The van der Waals surface area contributed by atoms with Gasteiger partial charge in [-0.2, -0.15) is 0 Å². The number of non-ortho nitro benzene ring substituents is 1. The van der Waals surface area contributed by atoms with Crippen molar-refractivity contribution in [2.45, 2.75) is 6.67 Å². The summed E-state index contributed by atoms with van der Waals surface area (Å²) in [7, 11) is 0. The van der Waals surface area contributed by atoms with Crippen molar-refractivity contribution in [1.82, 2.24) is 4.57 Å². The van der Waals surface area contributed by atoms with Crippen LogP contribution in [0.3, 0.4) is 0 Å². The van der Waals surface area contributed by atoms with Crippen molar-refractivity contribution in [2.24, 2.45) is 4.99 Å². The van der Waals surface area contributed by atoms with Crippen molar-refractivity contribution in [1.29, 1.82) is 0 Å². The highest BCUT2D eigenvalue weighted by Crippen LogP contribution is 2.16. The van der Waals surface area contributed by atoms with Crippen LogP contribution < -0.4 is 19.8 Å². The summed E-state index contributed by atoms with van der Waals surface area (Å²) in [5, 5.41) is 10.9. The van der Waals surface area contributed by atoms with E-state index in [-0.39, 0.29) is 17.1 Å². The lowest BCUT2D eigenvalue weighted by Crippen LogP contribution is -2.42. The summed E-state index contributed by atoms with van der Waals surface area (Å²) in [5.74, 6) is -0.324. The summed E-state index contributed by atoms with van der Waals surface area (Å²) in [6.07, 6.45) is 1.63. The van der Waals surface area contributed by atoms with Crippen LogP contribution in [0, 0.1) is 15.9 Å². The van der Waals surface area contributed by atoms with Crippen molar-refractivity contribution < 1.29 is 9.31 Å². The highest BCUT2D eigenvalue weighted by molar-refractivity contribution is 7.07. The molecule has 2 aromatic carbocycles. The van der Waals surface area contributed by atoms with E-state index in [1.807, 2.05) is 4.90 Å². The topological polar surface area (TPSA) is 80.7 Å². The number of rotatable bonds is 3. The van der Waals surface area contributed by atoms with Gasteiger partial charge < -0.3 is 4.90 Å². The third kappa shape index (κ3) is 3.36. The van der Waals surface area contributed by atoms with E-state index in [1.165, 1.54) is 35.6 Å². The maximum atomic E-state index is 13.1. The molecule has 0 radical (unpaired) electrons. The minimum Gasteiger partial charge on any atom is -0.334 e. The van der Waals surface area contributed by atoms with E-state index in [4.69, 9.17) is 0 Å². The van der Waals surface area contributed by atoms with E-state index >= 15 is 0 Å². The second-order valence-corrected chi connectivity index (χ2v) is 6.94. The van der Waals surface area contributed by atoms with Crippen molar-refractivity contribution in [3.8, 4) is 0 Å². The van der Waals surface area contributed by atoms with Crippen LogP contribution in [0.4, 0.5) is 15.8 Å². The summed E-state index contributed by atoms with van der Waals surface area (Å²) >= 11 is 1.24. The van der Waals surface area contributed by atoms with Gasteiger partial charge in [0, 0.05) is 17.8 Å². The van der Waals surface area contributed by atoms with Gasteiger partial charge in [-0.05, 0) is 35.9 Å². The normalized spacial score (nSPS) is 14.0. The van der Waals surface area contributed by atoms with Gasteiger partial charge in [0.2, 0.25) is 0 Å². The lowest BCUT2D eigenvalue weighted by Gasteiger charge is -2.25. The molecule has 9 heteroatoms. The van der Waals surface area contributed by atoms with Gasteiger partial charge in [0.1, 0.15) is 19.2 Å². The van der Waals surface area contributed by atoms with Crippen molar-refractivity contribution in [2.75, 3.05) is 11.6 Å². The molecule has 27 heavy (non-hydrogen) atoms. The Hall–Kier alpha value is -3.33. The molecule has 4 rings (SSSR count). The van der Waals surface area contributed by atoms with E-state index in [1.54, 1.807) is 34.9 Å². The molecule has 136 valence electrons. The molecule has 3 aromatic rings. The number of thiazole rings is 1. The quantitative estimate of drug-likeness (QED) is 0.510. The van der Waals surface area contributed by atoms with Gasteiger partial charge >= 0.3 is 0 Å². The Labute approximate surface area is 156 Å². The lowest BCUT2D eigenvalue weighted by molar-refractivity contribution is -0.384. The predicted octanol–water partition coefficient (Wildman–Crippen LogP) is 1.84. The smallest absolute Gasteiger partial charge is 0.271 e. The first-order valence-corrected chi connectivity index (χ1v) is 8.84. The van der Waals surface area contributed by atoms with Crippen LogP contribution in [0.25, 0.3) is 6.08 Å². The average molecular weight is 384 g/mol. The Balaban J connectivity index is 1.70. The van der Waals surface area contributed by atoms with Gasteiger partial charge in [-0.3, -0.25) is 19.5 Å². The molecule has 1 aromatic heterocycles. The molecular formula is C18H13FN4O3S. The first-order chi connectivity index (χ1) is 13.0. The Morgan fingerprint density at radius 2 is 2.00 bits per heavy atom. The SMILES string of the molecule is O=c1c(=Cc2cccc([N+](=O)[O-])c2)sc2n1CN(c1ccc(F)cc1)CN=2. The van der Waals surface area contributed by atoms with E-state index in [0.717, 1.165) is 5.69 Å². The molecule has 7 nitrogen and oxygen atoms in total. The van der Waals surface area contributed by atoms with Crippen LogP contribution in [0.5, 0.6) is 0 Å². The molecule has 0 aliphatic carbocycles. The summed E-state index contributed by atoms with van der Waals surface area (Å²) in [6, 6.07) is 12.1. The number of hydrogen-bond acceptors (Lipinski definition) is 6. The summed E-state index contributed by atoms with van der Waals surface area (Å²) in [4.78, 5) is 30.0. The molecule has 0 bridgehead atoms. The number of hydrogen-bond donors (Lipinski definition) is 0. The average Bonchev–Trinajstić information content (AvgIpc) is 2.98. The number of halogens is 1. The largest absolute Gasteiger partial charge is 0.334 e. The van der Waals surface area contributed by atoms with Gasteiger partial charge in [-0.1, -0.05) is 23.5 Å². The molecule has 0 N–H and O–H groups in total. The maximum Gasteiger partial charge on any atom is 0.271 e. The number of nitro groups is 1. The number of nitro benzene ring substituents is 1. The van der Waals surface area contributed by atoms with Crippen LogP contribution in [0.2, 0.25) is 0 Å². The molecule has 1 aliphatic heterocycles. The van der Waals surface area contributed by atoms with Gasteiger partial charge in [-0.25, -0.2) is 9.38 Å². The molecule has 0 fully saturated rings. The highest BCUT2D eigenvalue weighted by Gasteiger charge is 2.16. The van der Waals surface area contributed by atoms with Crippen LogP contribution >= 0.6 is 11.3 Å². The molecule has 0 spiro atoms. The van der Waals surface area contributed by atoms with Gasteiger partial charge in [0.25, 0.3) is 11.2 Å². The number of anilines is 1. The second kappa shape index (κ2) is 6.76. The monoisotopic (exact) mass is 384 g/mol. The number of aromatic nitrogens is 1. The standard InChI is InChI=1S/C18H13FN4O3S/c19-13-4-6-14(7-5-13)21-10-20-18-22(11-21)17(24)16(27-18)9-12-2-1-3-15(8-12)23(25)26/h1-9H,10-11H2. The highest BCUT2D eigenvalue weighted by atomic mass is 32.1. The zero-order valence-corrected chi connectivity index (χ0v) is 14.7. The molecule has 0 amide bonds. The van der Waals surface area contributed by atoms with Crippen LogP contribution in [0.15, 0.2) is 58.3 Å². The van der Waals surface area contributed by atoms with Gasteiger partial charge in [0.15, 0.2) is 4.80 Å². The van der Waals surface area contributed by atoms with Gasteiger partial charge in [0.05, 0.1) is 9.46 Å². The van der Waals surface area contributed by atoms with Crippen LogP contribution in [-0.4, -0.2) is 16.2 Å². The minimum absolute atomic E-state index is 0.0302. The van der Waals surface area contributed by atoms with Crippen LogP contribution in [-0.2, 0) is 6.67 Å². The first-order valence-electron chi connectivity index (χ1n) is 8.02. The number of benzene rings is 2. The summed E-state index contributed by atoms with van der Waals surface area (Å²) in [6.45, 7) is 0.671. The first kappa shape index (κ1) is 17.1. The molecular weight excluding hydrogens is 371 g/mol. The molecule has 0 saturated heterocycles. The van der Waals surface area contributed by atoms with Crippen molar-refractivity contribution >= 4 is 28.8 Å². The zero-order chi connectivity index (χ0) is 19.0. The number of fused-ring (bicyclic) bond motifs is 1. The zero-order valence-electron chi connectivity index (χ0n) is 13.9. The Bertz CT molecular complexity index is 1200. The van der Waals surface area contributed by atoms with Crippen molar-refractivity contribution in [3.63, 3.8) is 0 Å². The Morgan fingerprint density at radius 3 is 2.74 bits per heavy atom. The fraction of sp³-hybridized carbons (Fsp3) is 0.111. The third-order valence-electron chi connectivity index (χ3n) is 4.15. The van der Waals surface area contributed by atoms with Gasteiger partial charge in [-0.15, -0.1) is 0 Å². The second-order valence-electron chi connectivity index (χ2n) is 5.94. The van der Waals surface area contributed by atoms with E-state index in [9.17, 15) is 19.3 Å². The van der Waals surface area contributed by atoms with Crippen molar-refractivity contribution in [3.05, 3.63) is 89.7 Å². The van der Waals surface area contributed by atoms with E-state index in [0.29, 0.717) is 28.2 Å². The van der Waals surface area contributed by atoms with E-state index in [2.05, 4.69) is 4.99 Å². The molecule has 0 unspecified atom stereocenters. The lowest BCUT2D eigenvalue weighted by atomic mass is 10.2. The van der Waals surface area contributed by atoms with E-state index < -0.39 is 4.92 Å². The molecule has 0 atom stereocenters. The Morgan fingerprint density at radius 1 is 1.22 bits per heavy atom. The predicted molar refractivity (Wildman–Crippen MR) is 99.8 cm³/mol. The fourth-order valence-corrected chi connectivity index (χ4v) is 3.77. The number of nitrogens with zero attached hydrogens (tertiary/aromatic N) is 4. The summed E-state index contributed by atoms with van der Waals surface area (Å²) in [5.41, 5.74) is 1.11. The third-order valence-corrected chi connectivity index (χ3v) is 5.19.